The molecule has 21 heavy (non-hydrogen) atoms. The highest BCUT2D eigenvalue weighted by atomic mass is 16.4. The fourth-order valence-electron chi connectivity index (χ4n) is 2.57. The number of carboxylic acids is 1. The summed E-state index contributed by atoms with van der Waals surface area (Å²) in [6.07, 6.45) is 1.51. The zero-order valence-corrected chi connectivity index (χ0v) is 11.8. The number of carboxylic acid groups (broad SMARTS) is 1. The number of rotatable bonds is 4. The van der Waals surface area contributed by atoms with Gasteiger partial charge in [0.1, 0.15) is 0 Å². The van der Waals surface area contributed by atoms with Crippen molar-refractivity contribution in [3.8, 4) is 0 Å². The monoisotopic (exact) mass is 290 g/mol. The third kappa shape index (κ3) is 4.05. The van der Waals surface area contributed by atoms with Crippen LogP contribution in [0.15, 0.2) is 24.3 Å². The summed E-state index contributed by atoms with van der Waals surface area (Å²) in [7, 11) is 0. The normalized spacial score (nSPS) is 20.8. The highest BCUT2D eigenvalue weighted by molar-refractivity contribution is 5.95. The largest absolute Gasteiger partial charge is 0.481 e. The van der Waals surface area contributed by atoms with Crippen LogP contribution in [0, 0.1) is 11.8 Å². The topological polar surface area (TPSA) is 95.5 Å². The molecule has 0 bridgehead atoms. The van der Waals surface area contributed by atoms with Crippen LogP contribution in [-0.2, 0) is 14.4 Å². The van der Waals surface area contributed by atoms with Gasteiger partial charge in [0.15, 0.2) is 0 Å². The van der Waals surface area contributed by atoms with Crippen LogP contribution in [0.4, 0.5) is 11.4 Å². The van der Waals surface area contributed by atoms with Crippen molar-refractivity contribution in [3.63, 3.8) is 0 Å². The summed E-state index contributed by atoms with van der Waals surface area (Å²) < 4.78 is 0. The Balaban J connectivity index is 1.97. The van der Waals surface area contributed by atoms with E-state index in [4.69, 9.17) is 5.11 Å². The van der Waals surface area contributed by atoms with Gasteiger partial charge in [-0.15, -0.1) is 0 Å². The first-order chi connectivity index (χ1) is 9.95. The maximum Gasteiger partial charge on any atom is 0.306 e. The van der Waals surface area contributed by atoms with Gasteiger partial charge in [-0.05, 0) is 37.5 Å². The zero-order valence-electron chi connectivity index (χ0n) is 11.8. The number of hydrogen-bond donors (Lipinski definition) is 3. The van der Waals surface area contributed by atoms with E-state index in [1.165, 1.54) is 6.92 Å². The fourth-order valence-corrected chi connectivity index (χ4v) is 2.57. The van der Waals surface area contributed by atoms with Crippen molar-refractivity contribution >= 4 is 29.2 Å². The number of aliphatic carboxylic acids is 1. The molecule has 112 valence electrons. The molecule has 0 aromatic heterocycles. The van der Waals surface area contributed by atoms with Gasteiger partial charge in [-0.25, -0.2) is 0 Å². The Morgan fingerprint density at radius 1 is 1.10 bits per heavy atom. The summed E-state index contributed by atoms with van der Waals surface area (Å²) in [5, 5.41) is 14.4. The molecule has 0 saturated heterocycles. The van der Waals surface area contributed by atoms with Crippen molar-refractivity contribution in [2.75, 3.05) is 10.6 Å². The second kappa shape index (κ2) is 6.39. The lowest BCUT2D eigenvalue weighted by atomic mass is 10.0. The lowest BCUT2D eigenvalue weighted by Gasteiger charge is -2.12. The van der Waals surface area contributed by atoms with E-state index in [0.29, 0.717) is 30.6 Å². The Morgan fingerprint density at radius 2 is 1.71 bits per heavy atom. The number of anilines is 2. The van der Waals surface area contributed by atoms with E-state index in [1.54, 1.807) is 24.3 Å². The minimum Gasteiger partial charge on any atom is -0.481 e. The number of nitrogens with one attached hydrogen (secondary N) is 2. The molecule has 2 rings (SSSR count). The van der Waals surface area contributed by atoms with Gasteiger partial charge >= 0.3 is 5.97 Å². The van der Waals surface area contributed by atoms with Crippen molar-refractivity contribution in [2.24, 2.45) is 11.8 Å². The van der Waals surface area contributed by atoms with Crippen LogP contribution in [-0.4, -0.2) is 22.9 Å². The van der Waals surface area contributed by atoms with Crippen LogP contribution in [0.2, 0.25) is 0 Å². The molecule has 1 aromatic carbocycles. The minimum atomic E-state index is -0.835. The van der Waals surface area contributed by atoms with Gasteiger partial charge in [0.2, 0.25) is 11.8 Å². The Kier molecular flexibility index (Phi) is 4.57. The third-order valence-corrected chi connectivity index (χ3v) is 3.60. The summed E-state index contributed by atoms with van der Waals surface area (Å²) in [4.78, 5) is 34.0. The molecule has 1 fully saturated rings. The molecular formula is C15H18N2O4. The second-order valence-corrected chi connectivity index (χ2v) is 5.30. The van der Waals surface area contributed by atoms with Gasteiger partial charge in [0.25, 0.3) is 0 Å². The van der Waals surface area contributed by atoms with Crippen LogP contribution < -0.4 is 10.6 Å². The molecule has 6 nitrogen and oxygen atoms in total. The van der Waals surface area contributed by atoms with Crippen LogP contribution in [0.5, 0.6) is 0 Å². The highest BCUT2D eigenvalue weighted by Gasteiger charge is 2.33. The minimum absolute atomic E-state index is 0.168. The SMILES string of the molecule is CC(=O)Nc1cccc(NC(=O)C2CCC(C(=O)O)C2)c1. The molecule has 1 aliphatic carbocycles. The van der Waals surface area contributed by atoms with E-state index in [-0.39, 0.29) is 17.7 Å². The van der Waals surface area contributed by atoms with Crippen molar-refractivity contribution in [2.45, 2.75) is 26.2 Å². The quantitative estimate of drug-likeness (QED) is 0.791. The molecule has 3 N–H and O–H groups in total. The van der Waals surface area contributed by atoms with Gasteiger partial charge < -0.3 is 15.7 Å². The van der Waals surface area contributed by atoms with Crippen LogP contribution in [0.1, 0.15) is 26.2 Å². The summed E-state index contributed by atoms with van der Waals surface area (Å²) >= 11 is 0. The fraction of sp³-hybridized carbons (Fsp3) is 0.400. The average molecular weight is 290 g/mol. The molecular weight excluding hydrogens is 272 g/mol. The van der Waals surface area contributed by atoms with Gasteiger partial charge in [-0.2, -0.15) is 0 Å². The van der Waals surface area contributed by atoms with Crippen molar-refractivity contribution < 1.29 is 19.5 Å². The third-order valence-electron chi connectivity index (χ3n) is 3.60. The molecule has 6 heteroatoms. The Hall–Kier alpha value is -2.37. The average Bonchev–Trinajstić information content (AvgIpc) is 2.88. The number of benzene rings is 1. The van der Waals surface area contributed by atoms with Crippen LogP contribution in [0.3, 0.4) is 0 Å². The molecule has 0 radical (unpaired) electrons. The van der Waals surface area contributed by atoms with E-state index in [0.717, 1.165) is 0 Å². The first-order valence-electron chi connectivity index (χ1n) is 6.87. The maximum atomic E-state index is 12.1. The van der Waals surface area contributed by atoms with Crippen LogP contribution in [0.25, 0.3) is 0 Å². The van der Waals surface area contributed by atoms with Gasteiger partial charge in [-0.1, -0.05) is 6.07 Å². The molecule has 2 atom stereocenters. The predicted molar refractivity (Wildman–Crippen MR) is 77.8 cm³/mol. The number of hydrogen-bond acceptors (Lipinski definition) is 3. The Labute approximate surface area is 122 Å². The lowest BCUT2D eigenvalue weighted by molar-refractivity contribution is -0.141. The molecule has 1 aromatic rings. The predicted octanol–water partition coefficient (Wildman–Crippen LogP) is 2.08. The van der Waals surface area contributed by atoms with Gasteiger partial charge in [0.05, 0.1) is 5.92 Å². The maximum absolute atomic E-state index is 12.1. The van der Waals surface area contributed by atoms with Crippen LogP contribution >= 0.6 is 0 Å². The summed E-state index contributed by atoms with van der Waals surface area (Å²) in [5.74, 6) is -1.88. The molecule has 0 aliphatic heterocycles. The van der Waals surface area contributed by atoms with E-state index in [2.05, 4.69) is 10.6 Å². The molecule has 1 aliphatic rings. The summed E-state index contributed by atoms with van der Waals surface area (Å²) in [6, 6.07) is 6.86. The van der Waals surface area contributed by atoms with Crippen molar-refractivity contribution in [1.29, 1.82) is 0 Å². The molecule has 2 amide bonds. The first-order valence-corrected chi connectivity index (χ1v) is 6.87. The summed E-state index contributed by atoms with van der Waals surface area (Å²) in [6.45, 7) is 1.41. The molecule has 0 heterocycles. The van der Waals surface area contributed by atoms with E-state index in [9.17, 15) is 14.4 Å². The summed E-state index contributed by atoms with van der Waals surface area (Å²) in [5.41, 5.74) is 1.19. The molecule has 1 saturated carbocycles. The highest BCUT2D eigenvalue weighted by Crippen LogP contribution is 2.32. The smallest absolute Gasteiger partial charge is 0.306 e. The number of carbonyl (C=O) groups excluding carboxylic acids is 2. The van der Waals surface area contributed by atoms with Gasteiger partial charge in [-0.3, -0.25) is 14.4 Å². The Morgan fingerprint density at radius 3 is 2.29 bits per heavy atom. The molecule has 0 spiro atoms. The standard InChI is InChI=1S/C15H18N2O4/c1-9(18)16-12-3-2-4-13(8-12)17-14(19)10-5-6-11(7-10)15(20)21/h2-4,8,10-11H,5-7H2,1H3,(H,16,18)(H,17,19)(H,20,21). The number of amides is 2. The van der Waals surface area contributed by atoms with E-state index >= 15 is 0 Å². The van der Waals surface area contributed by atoms with E-state index < -0.39 is 11.9 Å². The molecule has 2 unspecified atom stereocenters. The van der Waals surface area contributed by atoms with Gasteiger partial charge in [0, 0.05) is 24.2 Å². The van der Waals surface area contributed by atoms with E-state index in [1.807, 2.05) is 0 Å². The first kappa shape index (κ1) is 15.0. The zero-order chi connectivity index (χ0) is 15.4. The van der Waals surface area contributed by atoms with Crippen molar-refractivity contribution in [3.05, 3.63) is 24.3 Å². The second-order valence-electron chi connectivity index (χ2n) is 5.30. The number of carbonyl (C=O) groups is 3. The van der Waals surface area contributed by atoms with Crippen molar-refractivity contribution in [1.82, 2.24) is 0 Å². The Bertz CT molecular complexity index is 571. The lowest BCUT2D eigenvalue weighted by Crippen LogP contribution is -2.21.